The lowest BCUT2D eigenvalue weighted by Crippen LogP contribution is -2.13. The Labute approximate surface area is 149 Å². The van der Waals surface area contributed by atoms with E-state index in [-0.39, 0.29) is 5.78 Å². The highest BCUT2D eigenvalue weighted by molar-refractivity contribution is 6.35. The number of ketones is 1. The summed E-state index contributed by atoms with van der Waals surface area (Å²) in [5, 5.41) is 0.972. The largest absolute Gasteiger partial charge is 0.493 e. The second-order valence-corrected chi connectivity index (χ2v) is 6.27. The summed E-state index contributed by atoms with van der Waals surface area (Å²) in [6.07, 6.45) is 0.489. The number of fused-ring (bicyclic) bond motifs is 1. The van der Waals surface area contributed by atoms with Gasteiger partial charge in [0, 0.05) is 10.0 Å². The molecule has 0 radical (unpaired) electrons. The normalized spacial score (nSPS) is 16.8. The Morgan fingerprint density at radius 3 is 2.71 bits per heavy atom. The topological polar surface area (TPSA) is 52.6 Å². The number of methoxy groups -OCH3 is 1. The number of carbonyl (C=O) groups excluding carboxylic acids is 2. The smallest absolute Gasteiger partial charge is 0.337 e. The van der Waals surface area contributed by atoms with E-state index in [1.165, 1.54) is 13.2 Å². The number of rotatable bonds is 2. The van der Waals surface area contributed by atoms with Crippen molar-refractivity contribution in [3.8, 4) is 5.75 Å². The number of Topliss-reactive ketones (excluding diaryl/α,β-unsaturated/α-hetero) is 1. The first-order valence-corrected chi connectivity index (χ1v) is 8.11. The number of hydrogen-bond acceptors (Lipinski definition) is 4. The SMILES string of the molecule is COC(=O)c1ccc2c(c1)OCCC(c1ccc(Cl)cc1Cl)C2=O. The molecule has 0 saturated heterocycles. The van der Waals surface area contributed by atoms with Crippen molar-refractivity contribution in [1.82, 2.24) is 0 Å². The molecule has 1 heterocycles. The minimum Gasteiger partial charge on any atom is -0.493 e. The molecular formula is C18H14Cl2O4. The molecule has 4 nitrogen and oxygen atoms in total. The molecule has 1 unspecified atom stereocenters. The minimum atomic E-state index is -0.476. The second kappa shape index (κ2) is 6.83. The fraction of sp³-hybridized carbons (Fsp3) is 0.222. The van der Waals surface area contributed by atoms with Crippen LogP contribution >= 0.6 is 23.2 Å². The van der Waals surface area contributed by atoms with E-state index in [2.05, 4.69) is 0 Å². The number of carbonyl (C=O) groups is 2. The van der Waals surface area contributed by atoms with Crippen LogP contribution in [0.1, 0.15) is 38.6 Å². The van der Waals surface area contributed by atoms with Gasteiger partial charge in [0.05, 0.1) is 30.8 Å². The zero-order valence-corrected chi connectivity index (χ0v) is 14.4. The zero-order chi connectivity index (χ0) is 17.3. The number of hydrogen-bond donors (Lipinski definition) is 0. The van der Waals surface area contributed by atoms with Gasteiger partial charge in [-0.1, -0.05) is 29.3 Å². The van der Waals surface area contributed by atoms with E-state index in [0.717, 1.165) is 5.56 Å². The first-order chi connectivity index (χ1) is 11.5. The molecule has 1 atom stereocenters. The molecule has 24 heavy (non-hydrogen) atoms. The first kappa shape index (κ1) is 16.8. The minimum absolute atomic E-state index is 0.0943. The monoisotopic (exact) mass is 364 g/mol. The van der Waals surface area contributed by atoms with Crippen LogP contribution in [0.25, 0.3) is 0 Å². The van der Waals surface area contributed by atoms with Crippen LogP contribution in [0.5, 0.6) is 5.75 Å². The van der Waals surface area contributed by atoms with Gasteiger partial charge in [-0.05, 0) is 42.3 Å². The summed E-state index contributed by atoms with van der Waals surface area (Å²) >= 11 is 12.2. The molecule has 0 saturated carbocycles. The average molecular weight is 365 g/mol. The molecule has 2 aromatic carbocycles. The Balaban J connectivity index is 2.00. The van der Waals surface area contributed by atoms with Crippen molar-refractivity contribution in [2.45, 2.75) is 12.3 Å². The van der Waals surface area contributed by atoms with Gasteiger partial charge >= 0.3 is 5.97 Å². The summed E-state index contributed by atoms with van der Waals surface area (Å²) in [7, 11) is 1.30. The number of ether oxygens (including phenoxy) is 2. The van der Waals surface area contributed by atoms with Crippen molar-refractivity contribution in [3.63, 3.8) is 0 Å². The van der Waals surface area contributed by atoms with E-state index < -0.39 is 11.9 Å². The molecule has 1 aliphatic rings. The molecule has 124 valence electrons. The fourth-order valence-corrected chi connectivity index (χ4v) is 3.32. The highest BCUT2D eigenvalue weighted by Gasteiger charge is 2.30. The van der Waals surface area contributed by atoms with E-state index in [1.807, 2.05) is 0 Å². The van der Waals surface area contributed by atoms with Crippen LogP contribution in [0.3, 0.4) is 0 Å². The summed E-state index contributed by atoms with van der Waals surface area (Å²) in [5.74, 6) is -0.603. The lowest BCUT2D eigenvalue weighted by Gasteiger charge is -2.15. The van der Waals surface area contributed by atoms with Gasteiger partial charge < -0.3 is 9.47 Å². The van der Waals surface area contributed by atoms with Crippen molar-refractivity contribution in [3.05, 3.63) is 63.1 Å². The summed E-state index contributed by atoms with van der Waals surface area (Å²) in [5.41, 5.74) is 1.49. The molecule has 2 aromatic rings. The van der Waals surface area contributed by atoms with Gasteiger partial charge in [-0.15, -0.1) is 0 Å². The lowest BCUT2D eigenvalue weighted by molar-refractivity contribution is 0.0600. The lowest BCUT2D eigenvalue weighted by atomic mass is 9.88. The Kier molecular flexibility index (Phi) is 4.78. The highest BCUT2D eigenvalue weighted by atomic mass is 35.5. The third-order valence-corrected chi connectivity index (χ3v) is 4.55. The quantitative estimate of drug-likeness (QED) is 0.734. The molecule has 3 rings (SSSR count). The van der Waals surface area contributed by atoms with Crippen LogP contribution in [-0.4, -0.2) is 25.5 Å². The van der Waals surface area contributed by atoms with Crippen LogP contribution in [0, 0.1) is 0 Å². The standard InChI is InChI=1S/C18H14Cl2O4/c1-23-18(22)10-2-4-14-16(8-10)24-7-6-13(17(14)21)12-5-3-11(19)9-15(12)20/h2-5,8-9,13H,6-7H2,1H3. The van der Waals surface area contributed by atoms with E-state index >= 15 is 0 Å². The van der Waals surface area contributed by atoms with Crippen LogP contribution in [-0.2, 0) is 4.74 Å². The molecular weight excluding hydrogens is 351 g/mol. The van der Waals surface area contributed by atoms with E-state index in [4.69, 9.17) is 32.7 Å². The van der Waals surface area contributed by atoms with E-state index in [9.17, 15) is 9.59 Å². The Morgan fingerprint density at radius 1 is 1.21 bits per heavy atom. The van der Waals surface area contributed by atoms with Crippen molar-refractivity contribution in [1.29, 1.82) is 0 Å². The van der Waals surface area contributed by atoms with Gasteiger partial charge in [0.1, 0.15) is 5.75 Å². The van der Waals surface area contributed by atoms with E-state index in [0.29, 0.717) is 39.9 Å². The van der Waals surface area contributed by atoms with Gasteiger partial charge in [0.25, 0.3) is 0 Å². The molecule has 1 aliphatic heterocycles. The average Bonchev–Trinajstić information content (AvgIpc) is 2.73. The van der Waals surface area contributed by atoms with Gasteiger partial charge in [0.15, 0.2) is 5.78 Å². The molecule has 0 amide bonds. The first-order valence-electron chi connectivity index (χ1n) is 7.35. The maximum absolute atomic E-state index is 12.9. The van der Waals surface area contributed by atoms with Crippen molar-refractivity contribution in [2.75, 3.05) is 13.7 Å². The van der Waals surface area contributed by atoms with Crippen LogP contribution in [0.4, 0.5) is 0 Å². The number of esters is 1. The zero-order valence-electron chi connectivity index (χ0n) is 12.8. The summed E-state index contributed by atoms with van der Waals surface area (Å²) in [4.78, 5) is 24.6. The summed E-state index contributed by atoms with van der Waals surface area (Å²) in [6, 6.07) is 9.78. The van der Waals surface area contributed by atoms with Gasteiger partial charge in [-0.3, -0.25) is 4.79 Å². The number of benzene rings is 2. The van der Waals surface area contributed by atoms with Crippen LogP contribution in [0.2, 0.25) is 10.0 Å². The van der Waals surface area contributed by atoms with Gasteiger partial charge in [-0.25, -0.2) is 4.79 Å². The Morgan fingerprint density at radius 2 is 2.00 bits per heavy atom. The Hall–Kier alpha value is -2.04. The number of halogens is 2. The predicted octanol–water partition coefficient (Wildman–Crippen LogP) is 4.53. The highest BCUT2D eigenvalue weighted by Crippen LogP contribution is 2.36. The maximum atomic E-state index is 12.9. The van der Waals surface area contributed by atoms with Crippen molar-refractivity contribution < 1.29 is 19.1 Å². The fourth-order valence-electron chi connectivity index (χ4n) is 2.78. The third-order valence-electron chi connectivity index (χ3n) is 3.99. The van der Waals surface area contributed by atoms with Crippen LogP contribution < -0.4 is 4.74 Å². The molecule has 0 spiro atoms. The summed E-state index contributed by atoms with van der Waals surface area (Å²) < 4.78 is 10.4. The molecule has 0 aromatic heterocycles. The Bertz CT molecular complexity index is 817. The predicted molar refractivity (Wildman–Crippen MR) is 91.4 cm³/mol. The summed E-state index contributed by atoms with van der Waals surface area (Å²) in [6.45, 7) is 0.340. The van der Waals surface area contributed by atoms with Crippen molar-refractivity contribution in [2.24, 2.45) is 0 Å². The molecule has 0 fully saturated rings. The third kappa shape index (κ3) is 3.12. The van der Waals surface area contributed by atoms with Gasteiger partial charge in [0.2, 0.25) is 0 Å². The second-order valence-electron chi connectivity index (χ2n) is 5.42. The molecule has 0 N–H and O–H groups in total. The maximum Gasteiger partial charge on any atom is 0.337 e. The van der Waals surface area contributed by atoms with Crippen LogP contribution in [0.15, 0.2) is 36.4 Å². The van der Waals surface area contributed by atoms with Crippen molar-refractivity contribution >= 4 is 35.0 Å². The molecule has 0 aliphatic carbocycles. The van der Waals surface area contributed by atoms with E-state index in [1.54, 1.807) is 30.3 Å². The molecule has 0 bridgehead atoms. The molecule has 6 heteroatoms. The van der Waals surface area contributed by atoms with Gasteiger partial charge in [-0.2, -0.15) is 0 Å².